The van der Waals surface area contributed by atoms with Gasteiger partial charge in [0.1, 0.15) is 35.3 Å². The molecule has 5 aromatic rings. The van der Waals surface area contributed by atoms with Crippen LogP contribution in [0.4, 0.5) is 15.0 Å². The van der Waals surface area contributed by atoms with Crippen molar-refractivity contribution in [2.45, 2.75) is 69.4 Å². The summed E-state index contributed by atoms with van der Waals surface area (Å²) in [6.07, 6.45) is 8.31. The number of amides is 1. The molecule has 9 heteroatoms. The Kier molecular flexibility index (Phi) is 7.55. The second-order valence-corrected chi connectivity index (χ2v) is 12.8. The minimum atomic E-state index is -0.406. The number of nitrogens with one attached hydrogen (secondary N) is 1. The Morgan fingerprint density at radius 2 is 1.76 bits per heavy atom. The molecular weight excluding hydrogens is 581 g/mol. The Bertz CT molecular complexity index is 1930. The maximum atomic E-state index is 13.7. The fourth-order valence-corrected chi connectivity index (χ4v) is 7.41. The van der Waals surface area contributed by atoms with Gasteiger partial charge in [-0.15, -0.1) is 0 Å². The molecule has 2 saturated carbocycles. The van der Waals surface area contributed by atoms with E-state index < -0.39 is 11.9 Å². The number of carbonyl (C=O) groups is 2. The van der Waals surface area contributed by atoms with Gasteiger partial charge in [0, 0.05) is 40.9 Å². The minimum absolute atomic E-state index is 0.0768. The van der Waals surface area contributed by atoms with Crippen molar-refractivity contribution < 1.29 is 18.7 Å². The third-order valence-corrected chi connectivity index (χ3v) is 9.85. The first kappa shape index (κ1) is 29.6. The number of fused-ring (bicyclic) bond motifs is 3. The topological polar surface area (TPSA) is 112 Å². The zero-order valence-electron chi connectivity index (χ0n) is 25.8. The van der Waals surface area contributed by atoms with Gasteiger partial charge in [0.15, 0.2) is 5.78 Å². The van der Waals surface area contributed by atoms with Gasteiger partial charge in [0.2, 0.25) is 0 Å². The highest BCUT2D eigenvalue weighted by Crippen LogP contribution is 2.57. The maximum absolute atomic E-state index is 13.7. The van der Waals surface area contributed by atoms with Crippen molar-refractivity contribution in [1.29, 1.82) is 0 Å². The van der Waals surface area contributed by atoms with Gasteiger partial charge in [-0.2, -0.15) is 0 Å². The van der Waals surface area contributed by atoms with Gasteiger partial charge >= 0.3 is 6.09 Å². The van der Waals surface area contributed by atoms with Crippen molar-refractivity contribution in [3.63, 3.8) is 0 Å². The molecule has 234 valence electrons. The van der Waals surface area contributed by atoms with E-state index in [1.165, 1.54) is 12.1 Å². The molecule has 0 aliphatic heterocycles. The molecule has 2 aromatic heterocycles. The van der Waals surface area contributed by atoms with Gasteiger partial charge < -0.3 is 15.8 Å². The molecule has 0 radical (unpaired) electrons. The summed E-state index contributed by atoms with van der Waals surface area (Å²) in [5.41, 5.74) is 11.5. The van der Waals surface area contributed by atoms with Crippen molar-refractivity contribution in [1.82, 2.24) is 19.7 Å². The van der Waals surface area contributed by atoms with Crippen LogP contribution in [0.25, 0.3) is 16.8 Å². The molecule has 2 heterocycles. The number of carbonyl (C=O) groups excluding carboxylic acids is 2. The molecule has 7 rings (SSSR count). The third-order valence-electron chi connectivity index (χ3n) is 9.85. The van der Waals surface area contributed by atoms with Crippen LogP contribution in [0.5, 0.6) is 0 Å². The number of Topliss-reactive ketones (excluding diaryl/α,β-unsaturated/α-hetero) is 1. The van der Waals surface area contributed by atoms with Crippen LogP contribution in [0.1, 0.15) is 71.4 Å². The Labute approximate surface area is 266 Å². The molecule has 0 unspecified atom stereocenters. The number of ether oxygens (including phenoxy) is 1. The SMILES string of the molecule is Cc1ccc(F)cc1C(=O)CCc1ccc(-c2nc(C34CCC(NC(=O)OCc5ccccc5)(CC3)C4)n3ccnc(N)c23)cc1. The van der Waals surface area contributed by atoms with Crippen molar-refractivity contribution >= 4 is 23.2 Å². The van der Waals surface area contributed by atoms with E-state index in [1.54, 1.807) is 12.3 Å². The van der Waals surface area contributed by atoms with E-state index >= 15 is 0 Å². The monoisotopic (exact) mass is 617 g/mol. The molecule has 2 fully saturated rings. The smallest absolute Gasteiger partial charge is 0.407 e. The molecule has 2 bridgehead atoms. The number of nitrogen functional groups attached to an aromatic ring is 1. The lowest BCUT2D eigenvalue weighted by Crippen LogP contribution is -2.45. The third kappa shape index (κ3) is 5.50. The van der Waals surface area contributed by atoms with Crippen LogP contribution >= 0.6 is 0 Å². The number of imidazole rings is 1. The molecule has 1 amide bonds. The van der Waals surface area contributed by atoms with Gasteiger partial charge in [0.25, 0.3) is 0 Å². The number of rotatable bonds is 9. The molecule has 2 aliphatic rings. The first-order valence-corrected chi connectivity index (χ1v) is 15.7. The average Bonchev–Trinajstić information content (AvgIpc) is 3.76. The molecule has 0 spiro atoms. The number of benzene rings is 3. The van der Waals surface area contributed by atoms with Crippen LogP contribution in [-0.2, 0) is 23.2 Å². The number of anilines is 1. The van der Waals surface area contributed by atoms with E-state index in [1.807, 2.05) is 67.7 Å². The fraction of sp³-hybridized carbons (Fsp3) is 0.297. The first-order valence-electron chi connectivity index (χ1n) is 15.7. The normalized spacial score (nSPS) is 20.2. The lowest BCUT2D eigenvalue weighted by atomic mass is 9.83. The predicted molar refractivity (Wildman–Crippen MR) is 174 cm³/mol. The molecular formula is C37H36FN5O3. The molecule has 3 N–H and O–H groups in total. The van der Waals surface area contributed by atoms with Gasteiger partial charge in [-0.3, -0.25) is 9.20 Å². The molecule has 0 saturated heterocycles. The van der Waals surface area contributed by atoms with E-state index in [0.29, 0.717) is 17.8 Å². The van der Waals surface area contributed by atoms with Crippen LogP contribution < -0.4 is 11.1 Å². The summed E-state index contributed by atoms with van der Waals surface area (Å²) in [6, 6.07) is 22.0. The van der Waals surface area contributed by atoms with Crippen LogP contribution in [-0.4, -0.2) is 31.8 Å². The van der Waals surface area contributed by atoms with E-state index in [9.17, 15) is 14.0 Å². The number of ketones is 1. The number of hydrogen-bond acceptors (Lipinski definition) is 6. The number of aromatic nitrogens is 3. The summed E-state index contributed by atoms with van der Waals surface area (Å²) < 4.78 is 21.4. The number of halogens is 1. The Morgan fingerprint density at radius 3 is 2.52 bits per heavy atom. The van der Waals surface area contributed by atoms with E-state index in [-0.39, 0.29) is 29.8 Å². The summed E-state index contributed by atoms with van der Waals surface area (Å²) in [6.45, 7) is 2.05. The standard InChI is InChI=1S/C37H36FN5O3/c1-24-7-13-28(38)21-29(24)30(44)14-10-25-8-11-27(12-9-25)31-32-33(39)40-19-20-43(32)34(41-31)36-15-17-37(23-36,18-16-36)42-35(45)46-22-26-5-3-2-4-6-26/h2-9,11-13,19-21H,10,14-18,22-23H2,1H3,(H2,39,40)(H,42,45). The van der Waals surface area contributed by atoms with E-state index in [2.05, 4.69) is 14.7 Å². The Balaban J connectivity index is 1.09. The van der Waals surface area contributed by atoms with Crippen LogP contribution in [0.2, 0.25) is 0 Å². The maximum Gasteiger partial charge on any atom is 0.407 e. The number of alkyl carbamates (subject to hydrolysis) is 1. The van der Waals surface area contributed by atoms with Crippen LogP contribution in [0.3, 0.4) is 0 Å². The molecule has 46 heavy (non-hydrogen) atoms. The molecule has 8 nitrogen and oxygen atoms in total. The number of nitrogens with two attached hydrogens (primary N) is 1. The highest BCUT2D eigenvalue weighted by atomic mass is 19.1. The van der Waals surface area contributed by atoms with Crippen LogP contribution in [0.15, 0.2) is 85.2 Å². The highest BCUT2D eigenvalue weighted by Gasteiger charge is 2.57. The summed E-state index contributed by atoms with van der Waals surface area (Å²) in [5.74, 6) is 0.854. The summed E-state index contributed by atoms with van der Waals surface area (Å²) >= 11 is 0. The van der Waals surface area contributed by atoms with Gasteiger partial charge in [-0.25, -0.2) is 19.2 Å². The lowest BCUT2D eigenvalue weighted by Gasteiger charge is -2.28. The lowest BCUT2D eigenvalue weighted by molar-refractivity contribution is 0.0981. The number of aryl methyl sites for hydroxylation is 2. The second-order valence-electron chi connectivity index (χ2n) is 12.8. The van der Waals surface area contributed by atoms with E-state index in [0.717, 1.165) is 71.4 Å². The van der Waals surface area contributed by atoms with Crippen LogP contribution in [0, 0.1) is 12.7 Å². The quantitative estimate of drug-likeness (QED) is 0.170. The predicted octanol–water partition coefficient (Wildman–Crippen LogP) is 7.12. The fourth-order valence-electron chi connectivity index (χ4n) is 7.41. The number of nitrogens with zero attached hydrogens (tertiary/aromatic N) is 3. The minimum Gasteiger partial charge on any atom is -0.445 e. The Morgan fingerprint density at radius 1 is 1.00 bits per heavy atom. The Hall–Kier alpha value is -5.05. The van der Waals surface area contributed by atoms with E-state index in [4.69, 9.17) is 15.5 Å². The zero-order chi connectivity index (χ0) is 31.9. The van der Waals surface area contributed by atoms with Gasteiger partial charge in [0.05, 0.1) is 0 Å². The molecule has 2 aliphatic carbocycles. The van der Waals surface area contributed by atoms with Crippen molar-refractivity contribution in [2.24, 2.45) is 0 Å². The van der Waals surface area contributed by atoms with Crippen molar-refractivity contribution in [3.05, 3.63) is 119 Å². The van der Waals surface area contributed by atoms with Gasteiger partial charge in [-0.05, 0) is 74.3 Å². The summed E-state index contributed by atoms with van der Waals surface area (Å²) in [7, 11) is 0. The highest BCUT2D eigenvalue weighted by molar-refractivity contribution is 5.97. The second kappa shape index (κ2) is 11.7. The van der Waals surface area contributed by atoms with Gasteiger partial charge in [-0.1, -0.05) is 60.7 Å². The van der Waals surface area contributed by atoms with Crippen molar-refractivity contribution in [2.75, 3.05) is 5.73 Å². The van der Waals surface area contributed by atoms with Crippen molar-refractivity contribution in [3.8, 4) is 11.3 Å². The zero-order valence-corrected chi connectivity index (χ0v) is 25.8. The summed E-state index contributed by atoms with van der Waals surface area (Å²) in [4.78, 5) is 35.2. The molecule has 0 atom stereocenters. The summed E-state index contributed by atoms with van der Waals surface area (Å²) in [5, 5.41) is 3.21. The first-order chi connectivity index (χ1) is 22.2. The average molecular weight is 618 g/mol. The number of hydrogen-bond donors (Lipinski definition) is 2. The largest absolute Gasteiger partial charge is 0.445 e. The molecule has 3 aromatic carbocycles.